The maximum Gasteiger partial charge on any atom is 0.268 e. The molecule has 0 unspecified atom stereocenters. The van der Waals surface area contributed by atoms with Gasteiger partial charge >= 0.3 is 0 Å². The average Bonchev–Trinajstić information content (AvgIpc) is 3.32. The molecular weight excluding hydrogens is 456 g/mol. The number of aryl methyl sites for hydroxylation is 2. The van der Waals surface area contributed by atoms with Crippen LogP contribution in [0, 0.1) is 18.8 Å². The lowest BCUT2D eigenvalue weighted by molar-refractivity contribution is -0.130. The molecule has 0 spiro atoms. The van der Waals surface area contributed by atoms with Gasteiger partial charge in [-0.05, 0) is 66.7 Å². The summed E-state index contributed by atoms with van der Waals surface area (Å²) in [4.78, 5) is 34.5. The molecule has 0 aliphatic rings. The Bertz CT molecular complexity index is 1400. The van der Waals surface area contributed by atoms with Crippen LogP contribution in [0.5, 0.6) is 0 Å². The van der Waals surface area contributed by atoms with Gasteiger partial charge in [0.05, 0.1) is 22.8 Å². The second-order valence-corrected chi connectivity index (χ2v) is 11.4. The molecule has 4 rings (SSSR count). The minimum Gasteiger partial charge on any atom is -0.342 e. The number of carbonyl (C=O) groups is 1. The van der Waals surface area contributed by atoms with Crippen LogP contribution in [0.15, 0.2) is 28.4 Å². The number of fused-ring (bicyclic) bond motifs is 4. The first kappa shape index (κ1) is 25.4. The zero-order valence-electron chi connectivity index (χ0n) is 21.9. The van der Waals surface area contributed by atoms with Crippen LogP contribution >= 0.6 is 11.3 Å². The highest BCUT2D eigenvalue weighted by Gasteiger charge is 2.20. The van der Waals surface area contributed by atoms with Crippen LogP contribution in [0.2, 0.25) is 0 Å². The van der Waals surface area contributed by atoms with Gasteiger partial charge in [-0.15, -0.1) is 11.3 Å². The third-order valence-corrected chi connectivity index (χ3v) is 7.69. The van der Waals surface area contributed by atoms with Crippen molar-refractivity contribution in [1.29, 1.82) is 0 Å². The van der Waals surface area contributed by atoms with Crippen molar-refractivity contribution in [1.82, 2.24) is 18.9 Å². The fourth-order valence-electron chi connectivity index (χ4n) is 4.63. The lowest BCUT2D eigenvalue weighted by Gasteiger charge is -2.24. The van der Waals surface area contributed by atoms with E-state index in [-0.39, 0.29) is 11.5 Å². The second kappa shape index (κ2) is 10.5. The summed E-state index contributed by atoms with van der Waals surface area (Å²) in [5, 5.41) is 2.70. The van der Waals surface area contributed by atoms with Gasteiger partial charge in [0, 0.05) is 19.6 Å². The van der Waals surface area contributed by atoms with Crippen molar-refractivity contribution < 1.29 is 4.79 Å². The van der Waals surface area contributed by atoms with Crippen LogP contribution in [0.1, 0.15) is 65.0 Å². The summed E-state index contributed by atoms with van der Waals surface area (Å²) in [6.07, 6.45) is 3.33. The van der Waals surface area contributed by atoms with Gasteiger partial charge in [-0.1, -0.05) is 40.7 Å². The number of nitrogens with zero attached hydrogens (tertiary/aromatic N) is 4. The van der Waals surface area contributed by atoms with E-state index in [0.29, 0.717) is 29.4 Å². The minimum atomic E-state index is -0.0130. The number of aromatic nitrogens is 3. The quantitative estimate of drug-likeness (QED) is 0.270. The topological polar surface area (TPSA) is 59.6 Å². The molecule has 7 heteroatoms. The van der Waals surface area contributed by atoms with E-state index in [1.54, 1.807) is 4.40 Å². The van der Waals surface area contributed by atoms with E-state index in [2.05, 4.69) is 45.3 Å². The molecule has 0 saturated carbocycles. The third-order valence-electron chi connectivity index (χ3n) is 6.69. The predicted molar refractivity (Wildman–Crippen MR) is 147 cm³/mol. The van der Waals surface area contributed by atoms with Crippen LogP contribution in [-0.2, 0) is 17.8 Å². The molecule has 188 valence electrons. The van der Waals surface area contributed by atoms with Crippen molar-refractivity contribution >= 4 is 44.3 Å². The summed E-state index contributed by atoms with van der Waals surface area (Å²) in [5.74, 6) is 1.99. The molecule has 35 heavy (non-hydrogen) atoms. The minimum absolute atomic E-state index is 0.0130. The number of rotatable bonds is 10. The largest absolute Gasteiger partial charge is 0.342 e. The van der Waals surface area contributed by atoms with E-state index >= 15 is 0 Å². The Morgan fingerprint density at radius 1 is 1.09 bits per heavy atom. The van der Waals surface area contributed by atoms with Gasteiger partial charge < -0.3 is 9.47 Å². The van der Waals surface area contributed by atoms with E-state index < -0.39 is 0 Å². The Morgan fingerprint density at radius 2 is 1.77 bits per heavy atom. The van der Waals surface area contributed by atoms with Crippen LogP contribution in [0.3, 0.4) is 0 Å². The Labute approximate surface area is 211 Å². The van der Waals surface area contributed by atoms with E-state index in [1.807, 2.05) is 29.3 Å². The number of amides is 1. The standard InChI is InChI=1S/C28H38N4O2S/c1-7-12-31-23-15-21(16-24(33)30(13-10-18(2)3)14-11-19(4)5)8-9-22(23)32-27(34)25-20(6)17-35-26(25)29-28(31)32/h8-9,15,17-19H,7,10-14,16H2,1-6H3. The Morgan fingerprint density at radius 3 is 2.40 bits per heavy atom. The van der Waals surface area contributed by atoms with Crippen molar-refractivity contribution in [3.8, 4) is 0 Å². The van der Waals surface area contributed by atoms with Crippen molar-refractivity contribution in [2.24, 2.45) is 11.8 Å². The summed E-state index contributed by atoms with van der Waals surface area (Å²) in [5.41, 5.74) is 3.76. The van der Waals surface area contributed by atoms with Crippen molar-refractivity contribution in [3.05, 3.63) is 45.1 Å². The normalized spacial score (nSPS) is 12.1. The smallest absolute Gasteiger partial charge is 0.268 e. The zero-order valence-corrected chi connectivity index (χ0v) is 22.7. The molecule has 0 radical (unpaired) electrons. The van der Waals surface area contributed by atoms with Crippen molar-refractivity contribution in [2.45, 2.75) is 73.8 Å². The number of thiophene rings is 1. The highest BCUT2D eigenvalue weighted by Crippen LogP contribution is 2.26. The average molecular weight is 495 g/mol. The van der Waals surface area contributed by atoms with Gasteiger partial charge in [-0.2, -0.15) is 0 Å². The van der Waals surface area contributed by atoms with Gasteiger partial charge in [0.1, 0.15) is 4.83 Å². The Kier molecular flexibility index (Phi) is 7.64. The molecule has 1 amide bonds. The fraction of sp³-hybridized carbons (Fsp3) is 0.536. The first-order valence-electron chi connectivity index (χ1n) is 12.9. The van der Waals surface area contributed by atoms with Gasteiger partial charge in [0.15, 0.2) is 0 Å². The summed E-state index contributed by atoms with van der Waals surface area (Å²) in [6, 6.07) is 6.07. The van der Waals surface area contributed by atoms with Crippen LogP contribution in [-0.4, -0.2) is 37.8 Å². The fourth-order valence-corrected chi connectivity index (χ4v) is 5.53. The van der Waals surface area contributed by atoms with Crippen LogP contribution in [0.4, 0.5) is 0 Å². The van der Waals surface area contributed by atoms with Gasteiger partial charge in [-0.25, -0.2) is 9.38 Å². The molecule has 1 aromatic carbocycles. The monoisotopic (exact) mass is 494 g/mol. The maximum absolute atomic E-state index is 13.5. The predicted octanol–water partition coefficient (Wildman–Crippen LogP) is 6.05. The molecule has 0 aliphatic heterocycles. The molecular formula is C28H38N4O2S. The highest BCUT2D eigenvalue weighted by atomic mass is 32.1. The number of carbonyl (C=O) groups excluding carboxylic acids is 1. The van der Waals surface area contributed by atoms with Gasteiger partial charge in [-0.3, -0.25) is 9.59 Å². The summed E-state index contributed by atoms with van der Waals surface area (Å²) in [6.45, 7) is 15.3. The molecule has 0 bridgehead atoms. The number of imidazole rings is 1. The van der Waals surface area contributed by atoms with E-state index in [0.717, 1.165) is 65.9 Å². The van der Waals surface area contributed by atoms with Crippen LogP contribution < -0.4 is 5.56 Å². The second-order valence-electron chi connectivity index (χ2n) is 10.5. The molecule has 3 heterocycles. The first-order chi connectivity index (χ1) is 16.7. The highest BCUT2D eigenvalue weighted by molar-refractivity contribution is 7.16. The molecule has 0 fully saturated rings. The van der Waals surface area contributed by atoms with Gasteiger partial charge in [0.2, 0.25) is 11.7 Å². The van der Waals surface area contributed by atoms with Gasteiger partial charge in [0.25, 0.3) is 5.56 Å². The van der Waals surface area contributed by atoms with E-state index in [9.17, 15) is 9.59 Å². The molecule has 0 N–H and O–H groups in total. The number of hydrogen-bond donors (Lipinski definition) is 0. The number of hydrogen-bond acceptors (Lipinski definition) is 4. The zero-order chi connectivity index (χ0) is 25.3. The van der Waals surface area contributed by atoms with E-state index in [4.69, 9.17) is 4.98 Å². The van der Waals surface area contributed by atoms with Crippen molar-refractivity contribution in [2.75, 3.05) is 13.1 Å². The molecule has 0 atom stereocenters. The molecule has 0 aliphatic carbocycles. The van der Waals surface area contributed by atoms with Crippen molar-refractivity contribution in [3.63, 3.8) is 0 Å². The Balaban J connectivity index is 1.73. The Hall–Kier alpha value is -2.67. The van der Waals surface area contributed by atoms with E-state index in [1.165, 1.54) is 11.3 Å². The maximum atomic E-state index is 13.5. The third kappa shape index (κ3) is 5.15. The van der Waals surface area contributed by atoms with Crippen LogP contribution in [0.25, 0.3) is 27.0 Å². The SMILES string of the molecule is CCCn1c2cc(CC(=O)N(CCC(C)C)CCC(C)C)ccc2n2c(=O)c3c(C)csc3nc12. The molecule has 6 nitrogen and oxygen atoms in total. The summed E-state index contributed by atoms with van der Waals surface area (Å²) in [7, 11) is 0. The lowest BCUT2D eigenvalue weighted by Crippen LogP contribution is -2.35. The first-order valence-corrected chi connectivity index (χ1v) is 13.8. The summed E-state index contributed by atoms with van der Waals surface area (Å²) >= 11 is 1.52. The molecule has 0 saturated heterocycles. The molecule has 3 aromatic heterocycles. The summed E-state index contributed by atoms with van der Waals surface area (Å²) < 4.78 is 3.88. The number of benzene rings is 1. The lowest BCUT2D eigenvalue weighted by atomic mass is 10.1. The molecule has 4 aromatic rings.